The second kappa shape index (κ2) is 11.6. The molecule has 0 heterocycles. The molecule has 106 valence electrons. The van der Waals surface area contributed by atoms with Gasteiger partial charge in [-0.25, -0.2) is 0 Å². The maximum absolute atomic E-state index is 11.4. The average Bonchev–Trinajstić information content (AvgIpc) is 2.44. The summed E-state index contributed by atoms with van der Waals surface area (Å²) in [6.45, 7) is 0.764. The summed E-state index contributed by atoms with van der Waals surface area (Å²) >= 11 is 7.62. The van der Waals surface area contributed by atoms with Crippen LogP contribution in [0.15, 0.2) is 30.3 Å². The van der Waals surface area contributed by atoms with Gasteiger partial charge in [0.1, 0.15) is 0 Å². The number of benzene rings is 1. The highest BCUT2D eigenvalue weighted by Crippen LogP contribution is 2.06. The van der Waals surface area contributed by atoms with Gasteiger partial charge in [0, 0.05) is 18.1 Å². The van der Waals surface area contributed by atoms with Gasteiger partial charge in [-0.3, -0.25) is 4.79 Å². The summed E-state index contributed by atoms with van der Waals surface area (Å²) in [5.74, 6) is 4.53. The van der Waals surface area contributed by atoms with E-state index in [1.54, 1.807) is 11.8 Å². The molecule has 1 amide bonds. The molecule has 0 atom stereocenters. The van der Waals surface area contributed by atoms with E-state index in [2.05, 4.69) is 42.2 Å². The van der Waals surface area contributed by atoms with E-state index >= 15 is 0 Å². The first-order valence-corrected chi connectivity index (χ1v) is 9.34. The second-order valence-corrected chi connectivity index (χ2v) is 6.75. The zero-order valence-corrected chi connectivity index (χ0v) is 13.5. The quantitative estimate of drug-likeness (QED) is 0.514. The highest BCUT2D eigenvalue weighted by Gasteiger charge is 2.00. The number of hydrogen-bond donors (Lipinski definition) is 2. The normalized spacial score (nSPS) is 10.4. The van der Waals surface area contributed by atoms with Crippen molar-refractivity contribution in [3.05, 3.63) is 35.9 Å². The Hall–Kier alpha value is -0.260. The van der Waals surface area contributed by atoms with Crippen LogP contribution in [0.3, 0.4) is 0 Å². The van der Waals surface area contributed by atoms with Crippen molar-refractivity contribution in [2.75, 3.05) is 35.3 Å². The number of thioether (sulfide) groups is 2. The number of carbonyl (C=O) groups is 1. The van der Waals surface area contributed by atoms with Gasteiger partial charge < -0.3 is 5.32 Å². The fourth-order valence-electron chi connectivity index (χ4n) is 1.48. The largest absolute Gasteiger partial charge is 0.355 e. The lowest BCUT2D eigenvalue weighted by molar-refractivity contribution is -0.118. The number of aryl methyl sites for hydroxylation is 1. The van der Waals surface area contributed by atoms with E-state index in [1.807, 2.05) is 17.8 Å². The molecule has 1 rings (SSSR count). The third kappa shape index (κ3) is 9.30. The molecule has 0 aliphatic heterocycles. The van der Waals surface area contributed by atoms with Gasteiger partial charge in [-0.05, 0) is 23.5 Å². The molecular weight excluding hydrogens is 294 g/mol. The van der Waals surface area contributed by atoms with Crippen molar-refractivity contribution < 1.29 is 4.79 Å². The Balaban J connectivity index is 1.92. The highest BCUT2D eigenvalue weighted by atomic mass is 32.2. The molecular formula is C14H21NOS3. The molecule has 0 aliphatic carbocycles. The molecule has 0 radical (unpaired) electrons. The van der Waals surface area contributed by atoms with Gasteiger partial charge in [0.15, 0.2) is 0 Å². The minimum absolute atomic E-state index is 0.135. The maximum Gasteiger partial charge on any atom is 0.230 e. The summed E-state index contributed by atoms with van der Waals surface area (Å²) in [6, 6.07) is 10.5. The predicted molar refractivity (Wildman–Crippen MR) is 91.7 cm³/mol. The Morgan fingerprint density at radius 2 is 1.89 bits per heavy atom. The Kier molecular flexibility index (Phi) is 10.2. The molecule has 1 N–H and O–H groups in total. The third-order valence-corrected chi connectivity index (χ3v) is 4.89. The van der Waals surface area contributed by atoms with Crippen molar-refractivity contribution in [2.45, 2.75) is 6.42 Å². The zero-order valence-electron chi connectivity index (χ0n) is 11.0. The summed E-state index contributed by atoms with van der Waals surface area (Å²) < 4.78 is 0. The van der Waals surface area contributed by atoms with Gasteiger partial charge in [0.2, 0.25) is 5.91 Å². The smallest absolute Gasteiger partial charge is 0.230 e. The molecule has 0 fully saturated rings. The topological polar surface area (TPSA) is 29.1 Å². The maximum atomic E-state index is 11.4. The minimum Gasteiger partial charge on any atom is -0.355 e. The van der Waals surface area contributed by atoms with Gasteiger partial charge in [0.25, 0.3) is 0 Å². The van der Waals surface area contributed by atoms with Gasteiger partial charge in [-0.2, -0.15) is 36.2 Å². The van der Waals surface area contributed by atoms with E-state index in [0.717, 1.165) is 36.0 Å². The lowest BCUT2D eigenvalue weighted by Gasteiger charge is -2.05. The number of carbonyl (C=O) groups excluding carboxylic acids is 1. The molecule has 0 saturated carbocycles. The molecule has 1 aromatic carbocycles. The number of amides is 1. The highest BCUT2D eigenvalue weighted by molar-refractivity contribution is 8.00. The first-order chi connectivity index (χ1) is 9.33. The van der Waals surface area contributed by atoms with Crippen LogP contribution < -0.4 is 5.32 Å². The van der Waals surface area contributed by atoms with E-state index in [1.165, 1.54) is 5.56 Å². The lowest BCUT2D eigenvalue weighted by atomic mass is 10.2. The van der Waals surface area contributed by atoms with E-state index in [9.17, 15) is 4.79 Å². The van der Waals surface area contributed by atoms with Gasteiger partial charge in [-0.15, -0.1) is 0 Å². The number of nitrogens with one attached hydrogen (secondary N) is 1. The predicted octanol–water partition coefficient (Wildman–Crippen LogP) is 2.74. The van der Waals surface area contributed by atoms with Crippen LogP contribution in [0.25, 0.3) is 0 Å². The van der Waals surface area contributed by atoms with Crippen LogP contribution in [0.5, 0.6) is 0 Å². The molecule has 5 heteroatoms. The van der Waals surface area contributed by atoms with Crippen molar-refractivity contribution >= 4 is 42.1 Å². The third-order valence-electron chi connectivity index (χ3n) is 2.42. The molecule has 0 saturated heterocycles. The summed E-state index contributed by atoms with van der Waals surface area (Å²) in [7, 11) is 0. The molecule has 0 spiro atoms. The summed E-state index contributed by atoms with van der Waals surface area (Å²) in [4.78, 5) is 11.4. The monoisotopic (exact) mass is 315 g/mol. The Bertz CT molecular complexity index is 346. The minimum atomic E-state index is 0.135. The molecule has 0 unspecified atom stereocenters. The van der Waals surface area contributed by atoms with E-state index < -0.39 is 0 Å². The standard InChI is InChI=1S/C14H21NOS3/c16-14(12-19-11-8-17)15-7-10-18-9-6-13-4-2-1-3-5-13/h1-5,17H,6-12H2,(H,15,16). The van der Waals surface area contributed by atoms with Gasteiger partial charge in [-0.1, -0.05) is 30.3 Å². The van der Waals surface area contributed by atoms with Crippen LogP contribution in [0.4, 0.5) is 0 Å². The van der Waals surface area contributed by atoms with Crippen molar-refractivity contribution in [1.29, 1.82) is 0 Å². The Morgan fingerprint density at radius 1 is 1.11 bits per heavy atom. The number of thiol groups is 1. The fourth-order valence-corrected chi connectivity index (χ4v) is 3.26. The molecule has 19 heavy (non-hydrogen) atoms. The summed E-state index contributed by atoms with van der Waals surface area (Å²) in [5.41, 5.74) is 1.38. The fraction of sp³-hybridized carbons (Fsp3) is 0.500. The van der Waals surface area contributed by atoms with E-state index in [-0.39, 0.29) is 5.91 Å². The van der Waals surface area contributed by atoms with Crippen molar-refractivity contribution in [3.63, 3.8) is 0 Å². The number of hydrogen-bond acceptors (Lipinski definition) is 4. The number of rotatable bonds is 10. The molecule has 2 nitrogen and oxygen atoms in total. The van der Waals surface area contributed by atoms with Crippen molar-refractivity contribution in [2.24, 2.45) is 0 Å². The SMILES string of the molecule is O=C(CSCCS)NCCSCCc1ccccc1. The summed E-state index contributed by atoms with van der Waals surface area (Å²) in [5, 5.41) is 2.93. The summed E-state index contributed by atoms with van der Waals surface area (Å²) in [6.07, 6.45) is 1.09. The Labute approximate surface area is 129 Å². The van der Waals surface area contributed by atoms with Crippen LogP contribution in [0.1, 0.15) is 5.56 Å². The second-order valence-electron chi connectivity index (χ2n) is 3.97. The zero-order chi connectivity index (χ0) is 13.8. The Morgan fingerprint density at radius 3 is 2.63 bits per heavy atom. The first kappa shape index (κ1) is 16.8. The van der Waals surface area contributed by atoms with E-state index in [4.69, 9.17) is 0 Å². The molecule has 0 aromatic heterocycles. The lowest BCUT2D eigenvalue weighted by Crippen LogP contribution is -2.27. The molecule has 0 aliphatic rings. The molecule has 0 bridgehead atoms. The van der Waals surface area contributed by atoms with Crippen LogP contribution in [-0.4, -0.2) is 41.2 Å². The van der Waals surface area contributed by atoms with Crippen molar-refractivity contribution in [1.82, 2.24) is 5.32 Å². The molecule has 1 aromatic rings. The van der Waals surface area contributed by atoms with Crippen molar-refractivity contribution in [3.8, 4) is 0 Å². The van der Waals surface area contributed by atoms with Gasteiger partial charge >= 0.3 is 0 Å². The first-order valence-electron chi connectivity index (χ1n) is 6.40. The van der Waals surface area contributed by atoms with Crippen LogP contribution >= 0.6 is 36.2 Å². The van der Waals surface area contributed by atoms with Crippen LogP contribution in [0, 0.1) is 0 Å². The van der Waals surface area contributed by atoms with Crippen LogP contribution in [-0.2, 0) is 11.2 Å². The average molecular weight is 316 g/mol. The van der Waals surface area contributed by atoms with E-state index in [0.29, 0.717) is 5.75 Å². The van der Waals surface area contributed by atoms with Crippen LogP contribution in [0.2, 0.25) is 0 Å². The van der Waals surface area contributed by atoms with Gasteiger partial charge in [0.05, 0.1) is 5.75 Å².